The highest BCUT2D eigenvalue weighted by molar-refractivity contribution is 7.92. The first-order valence-electron chi connectivity index (χ1n) is 8.74. The summed E-state index contributed by atoms with van der Waals surface area (Å²) in [5.41, 5.74) is 2.28. The molecular weight excluding hydrogens is 348 g/mol. The SMILES string of the molecule is CCC[C@H](C)NC(=O)c1ccc(C)c(S(=O)(=O)Nc2ccccc2C)c1. The Bertz CT molecular complexity index is 892. The van der Waals surface area contributed by atoms with Crippen LogP contribution in [0.3, 0.4) is 0 Å². The second kappa shape index (κ2) is 8.36. The zero-order valence-corrected chi connectivity index (χ0v) is 16.5. The summed E-state index contributed by atoms with van der Waals surface area (Å²) < 4.78 is 28.3. The van der Waals surface area contributed by atoms with E-state index in [1.54, 1.807) is 31.2 Å². The predicted octanol–water partition coefficient (Wildman–Crippen LogP) is 4.02. The Morgan fingerprint density at radius 2 is 1.77 bits per heavy atom. The molecule has 1 amide bonds. The van der Waals surface area contributed by atoms with Gasteiger partial charge in [0.2, 0.25) is 0 Å². The molecule has 1 atom stereocenters. The van der Waals surface area contributed by atoms with Crippen molar-refractivity contribution in [3.05, 3.63) is 59.2 Å². The maximum Gasteiger partial charge on any atom is 0.262 e. The lowest BCUT2D eigenvalue weighted by Crippen LogP contribution is -2.32. The van der Waals surface area contributed by atoms with Crippen LogP contribution in [0.4, 0.5) is 5.69 Å². The Kier molecular flexibility index (Phi) is 6.42. The number of hydrogen-bond donors (Lipinski definition) is 2. The average molecular weight is 375 g/mol. The Balaban J connectivity index is 2.31. The van der Waals surface area contributed by atoms with Crippen LogP contribution in [-0.4, -0.2) is 20.4 Å². The monoisotopic (exact) mass is 374 g/mol. The summed E-state index contributed by atoms with van der Waals surface area (Å²) in [5, 5.41) is 2.90. The number of nitrogens with one attached hydrogen (secondary N) is 2. The molecule has 140 valence electrons. The smallest absolute Gasteiger partial charge is 0.262 e. The number of sulfonamides is 1. The molecular formula is C20H26N2O3S. The largest absolute Gasteiger partial charge is 0.350 e. The molecule has 0 aliphatic heterocycles. The van der Waals surface area contributed by atoms with Crippen LogP contribution in [0, 0.1) is 13.8 Å². The van der Waals surface area contributed by atoms with Gasteiger partial charge in [0.1, 0.15) is 0 Å². The molecule has 5 nitrogen and oxygen atoms in total. The maximum atomic E-state index is 12.8. The lowest BCUT2D eigenvalue weighted by molar-refractivity contribution is 0.0938. The van der Waals surface area contributed by atoms with Gasteiger partial charge in [0, 0.05) is 11.6 Å². The number of aryl methyl sites for hydroxylation is 2. The number of rotatable bonds is 7. The predicted molar refractivity (Wildman–Crippen MR) is 105 cm³/mol. The summed E-state index contributed by atoms with van der Waals surface area (Å²) in [5.74, 6) is -0.265. The highest BCUT2D eigenvalue weighted by atomic mass is 32.2. The summed E-state index contributed by atoms with van der Waals surface area (Å²) in [6, 6.07) is 12.0. The fourth-order valence-electron chi connectivity index (χ4n) is 2.73. The van der Waals surface area contributed by atoms with Crippen LogP contribution in [0.15, 0.2) is 47.4 Å². The molecule has 2 aromatic carbocycles. The van der Waals surface area contributed by atoms with Crippen LogP contribution in [0.25, 0.3) is 0 Å². The van der Waals surface area contributed by atoms with E-state index in [2.05, 4.69) is 17.0 Å². The van der Waals surface area contributed by atoms with E-state index in [1.165, 1.54) is 6.07 Å². The highest BCUT2D eigenvalue weighted by Crippen LogP contribution is 2.22. The normalized spacial score (nSPS) is 12.5. The summed E-state index contributed by atoms with van der Waals surface area (Å²) >= 11 is 0. The summed E-state index contributed by atoms with van der Waals surface area (Å²) in [4.78, 5) is 12.5. The second-order valence-electron chi connectivity index (χ2n) is 6.56. The van der Waals surface area contributed by atoms with E-state index in [-0.39, 0.29) is 16.8 Å². The van der Waals surface area contributed by atoms with Gasteiger partial charge in [-0.05, 0) is 56.5 Å². The Morgan fingerprint density at radius 1 is 1.08 bits per heavy atom. The molecule has 0 fully saturated rings. The molecule has 6 heteroatoms. The molecule has 2 rings (SSSR count). The van der Waals surface area contributed by atoms with Gasteiger partial charge in [-0.2, -0.15) is 0 Å². The molecule has 2 aromatic rings. The molecule has 0 aliphatic carbocycles. The van der Waals surface area contributed by atoms with Crippen molar-refractivity contribution in [1.82, 2.24) is 5.32 Å². The molecule has 0 radical (unpaired) electrons. The Hall–Kier alpha value is -2.34. The number of para-hydroxylation sites is 1. The van der Waals surface area contributed by atoms with Crippen molar-refractivity contribution in [1.29, 1.82) is 0 Å². The first-order valence-corrected chi connectivity index (χ1v) is 10.2. The molecule has 26 heavy (non-hydrogen) atoms. The minimum atomic E-state index is -3.79. The number of carbonyl (C=O) groups is 1. The van der Waals surface area contributed by atoms with Crippen molar-refractivity contribution in [3.63, 3.8) is 0 Å². The third-order valence-electron chi connectivity index (χ3n) is 4.23. The van der Waals surface area contributed by atoms with Gasteiger partial charge in [0.25, 0.3) is 15.9 Å². The van der Waals surface area contributed by atoms with Gasteiger partial charge in [-0.25, -0.2) is 8.42 Å². The summed E-state index contributed by atoms with van der Waals surface area (Å²) in [6.45, 7) is 7.54. The fraction of sp³-hybridized carbons (Fsp3) is 0.350. The lowest BCUT2D eigenvalue weighted by atomic mass is 10.1. The summed E-state index contributed by atoms with van der Waals surface area (Å²) in [6.07, 6.45) is 1.84. The van der Waals surface area contributed by atoms with Crippen molar-refractivity contribution in [2.45, 2.75) is 51.5 Å². The number of hydrogen-bond acceptors (Lipinski definition) is 3. The third-order valence-corrected chi connectivity index (χ3v) is 5.74. The topological polar surface area (TPSA) is 75.3 Å². The van der Waals surface area contributed by atoms with Crippen LogP contribution in [0.2, 0.25) is 0 Å². The van der Waals surface area contributed by atoms with Crippen LogP contribution < -0.4 is 10.0 Å². The van der Waals surface area contributed by atoms with Gasteiger partial charge in [0.15, 0.2) is 0 Å². The number of benzene rings is 2. The van der Waals surface area contributed by atoms with Crippen molar-refractivity contribution < 1.29 is 13.2 Å². The van der Waals surface area contributed by atoms with Crippen LogP contribution in [-0.2, 0) is 10.0 Å². The molecule has 0 saturated carbocycles. The standard InChI is InChI=1S/C20H26N2O3S/c1-5-8-16(4)21-20(23)17-12-11-15(3)19(13-17)26(24,25)22-18-10-7-6-9-14(18)2/h6-7,9-13,16,22H,5,8H2,1-4H3,(H,21,23)/t16-/m0/s1. The minimum Gasteiger partial charge on any atom is -0.350 e. The number of amides is 1. The fourth-order valence-corrected chi connectivity index (χ4v) is 4.13. The maximum absolute atomic E-state index is 12.8. The first kappa shape index (κ1) is 20.0. The molecule has 0 unspecified atom stereocenters. The van der Waals surface area contributed by atoms with Gasteiger partial charge in [0.05, 0.1) is 10.6 Å². The molecule has 0 aromatic heterocycles. The van der Waals surface area contributed by atoms with E-state index in [1.807, 2.05) is 26.0 Å². The van der Waals surface area contributed by atoms with Crippen LogP contribution in [0.1, 0.15) is 48.2 Å². The summed E-state index contributed by atoms with van der Waals surface area (Å²) in [7, 11) is -3.79. The van der Waals surface area contributed by atoms with Gasteiger partial charge in [-0.15, -0.1) is 0 Å². The van der Waals surface area contributed by atoms with E-state index < -0.39 is 10.0 Å². The minimum absolute atomic E-state index is 0.0407. The van der Waals surface area contributed by atoms with Gasteiger partial charge in [-0.1, -0.05) is 37.6 Å². The van der Waals surface area contributed by atoms with E-state index in [4.69, 9.17) is 0 Å². The molecule has 0 spiro atoms. The Labute approximate surface area is 155 Å². The zero-order valence-electron chi connectivity index (χ0n) is 15.7. The van der Waals surface area contributed by atoms with Gasteiger partial charge in [-0.3, -0.25) is 9.52 Å². The first-order chi connectivity index (χ1) is 12.2. The molecule has 0 bridgehead atoms. The highest BCUT2D eigenvalue weighted by Gasteiger charge is 2.20. The van der Waals surface area contributed by atoms with E-state index in [0.717, 1.165) is 18.4 Å². The van der Waals surface area contributed by atoms with Crippen LogP contribution in [0.5, 0.6) is 0 Å². The second-order valence-corrected chi connectivity index (χ2v) is 8.21. The molecule has 0 heterocycles. The van der Waals surface area contributed by atoms with Crippen molar-refractivity contribution in [3.8, 4) is 0 Å². The lowest BCUT2D eigenvalue weighted by Gasteiger charge is -2.15. The zero-order chi connectivity index (χ0) is 19.3. The third kappa shape index (κ3) is 4.85. The van der Waals surface area contributed by atoms with Gasteiger partial charge < -0.3 is 5.32 Å². The Morgan fingerprint density at radius 3 is 2.42 bits per heavy atom. The van der Waals surface area contributed by atoms with Crippen molar-refractivity contribution in [2.75, 3.05) is 4.72 Å². The van der Waals surface area contributed by atoms with E-state index >= 15 is 0 Å². The molecule has 2 N–H and O–H groups in total. The van der Waals surface area contributed by atoms with Crippen molar-refractivity contribution in [2.24, 2.45) is 0 Å². The molecule has 0 saturated heterocycles. The molecule has 0 aliphatic rings. The van der Waals surface area contributed by atoms with Crippen molar-refractivity contribution >= 4 is 21.6 Å². The van der Waals surface area contributed by atoms with Gasteiger partial charge >= 0.3 is 0 Å². The van der Waals surface area contributed by atoms with E-state index in [9.17, 15) is 13.2 Å². The number of anilines is 1. The van der Waals surface area contributed by atoms with Crippen LogP contribution >= 0.6 is 0 Å². The number of carbonyl (C=O) groups excluding carboxylic acids is 1. The quantitative estimate of drug-likeness (QED) is 0.768. The average Bonchev–Trinajstić information content (AvgIpc) is 2.57. The van der Waals surface area contributed by atoms with E-state index in [0.29, 0.717) is 16.8 Å².